The van der Waals surface area contributed by atoms with Crippen molar-refractivity contribution in [1.82, 2.24) is 19.8 Å². The lowest BCUT2D eigenvalue weighted by Gasteiger charge is -2.29. The normalized spacial score (nSPS) is 21.8. The number of benzene rings is 1. The third-order valence-electron chi connectivity index (χ3n) is 7.35. The molecule has 1 aliphatic carbocycles. The predicted octanol–water partition coefficient (Wildman–Crippen LogP) is 3.71. The number of H-pyrrole nitrogens is 1. The van der Waals surface area contributed by atoms with Crippen LogP contribution in [-0.4, -0.2) is 38.8 Å². The Balaban J connectivity index is 1.34. The fourth-order valence-corrected chi connectivity index (χ4v) is 5.60. The molecule has 2 fully saturated rings. The minimum Gasteiger partial charge on any atom is -0.333 e. The number of likely N-dealkylation sites (tertiary alicyclic amines) is 1. The van der Waals surface area contributed by atoms with Gasteiger partial charge in [-0.05, 0) is 44.1 Å². The average Bonchev–Trinajstić information content (AvgIpc) is 3.47. The molecule has 3 heterocycles. The number of carbonyl (C=O) groups is 1. The van der Waals surface area contributed by atoms with Crippen LogP contribution in [0.1, 0.15) is 73.6 Å². The molecule has 0 radical (unpaired) electrons. The quantitative estimate of drug-likeness (QED) is 0.773. The molecule has 1 amide bonds. The minimum absolute atomic E-state index is 0.0920. The molecule has 1 N–H and O–H groups in total. The molecule has 5 rings (SSSR count). The summed E-state index contributed by atoms with van der Waals surface area (Å²) in [5.74, 6) is 1.10. The van der Waals surface area contributed by atoms with Crippen molar-refractivity contribution in [1.29, 1.82) is 0 Å². The van der Waals surface area contributed by atoms with Gasteiger partial charge in [0.05, 0.1) is 11.7 Å². The van der Waals surface area contributed by atoms with Gasteiger partial charge < -0.3 is 9.88 Å². The zero-order valence-corrected chi connectivity index (χ0v) is 18.5. The fourth-order valence-electron chi connectivity index (χ4n) is 5.60. The van der Waals surface area contributed by atoms with Crippen LogP contribution in [0.4, 0.5) is 4.39 Å². The van der Waals surface area contributed by atoms with Gasteiger partial charge in [0.15, 0.2) is 0 Å². The Morgan fingerprint density at radius 3 is 2.75 bits per heavy atom. The number of hydrogen-bond donors (Lipinski definition) is 1. The van der Waals surface area contributed by atoms with Gasteiger partial charge in [0.2, 0.25) is 5.91 Å². The number of aromatic amines is 1. The number of halogens is 1. The molecule has 2 aromatic rings. The van der Waals surface area contributed by atoms with Crippen LogP contribution < -0.4 is 5.56 Å². The third kappa shape index (κ3) is 4.35. The number of rotatable bonds is 5. The molecule has 1 saturated heterocycles. The highest BCUT2D eigenvalue weighted by atomic mass is 19.1. The van der Waals surface area contributed by atoms with Crippen molar-refractivity contribution in [3.05, 3.63) is 63.1 Å². The van der Waals surface area contributed by atoms with Gasteiger partial charge >= 0.3 is 0 Å². The third-order valence-corrected chi connectivity index (χ3v) is 7.35. The first-order valence-corrected chi connectivity index (χ1v) is 12.0. The Labute approximate surface area is 187 Å². The Bertz CT molecular complexity index is 1050. The van der Waals surface area contributed by atoms with Gasteiger partial charge in [0, 0.05) is 43.7 Å². The fraction of sp³-hybridized carbons (Fsp3) is 0.560. The Morgan fingerprint density at radius 2 is 1.94 bits per heavy atom. The Hall–Kier alpha value is -2.54. The molecule has 1 atom stereocenters. The van der Waals surface area contributed by atoms with Gasteiger partial charge in [-0.25, -0.2) is 9.37 Å². The molecular formula is C25H31FN4O2. The first kappa shape index (κ1) is 21.3. The van der Waals surface area contributed by atoms with Crippen molar-refractivity contribution in [2.75, 3.05) is 13.1 Å². The summed E-state index contributed by atoms with van der Waals surface area (Å²) >= 11 is 0. The number of nitrogens with zero attached hydrogens (tertiary/aromatic N) is 3. The highest BCUT2D eigenvalue weighted by Gasteiger charge is 2.34. The molecule has 1 unspecified atom stereocenters. The molecule has 7 heteroatoms. The largest absolute Gasteiger partial charge is 0.333 e. The summed E-state index contributed by atoms with van der Waals surface area (Å²) in [7, 11) is 0. The second kappa shape index (κ2) is 9.14. The van der Waals surface area contributed by atoms with Gasteiger partial charge in [-0.2, -0.15) is 0 Å². The SMILES string of the molecule is O=C(CC1CCCC1)N1CCCC1c1nc2c(c(=O)[nH]1)CCN(Cc1ccccc1F)C2. The Kier molecular flexibility index (Phi) is 6.09. The van der Waals surface area contributed by atoms with Crippen molar-refractivity contribution in [3.63, 3.8) is 0 Å². The molecule has 0 spiro atoms. The molecule has 0 bridgehead atoms. The molecular weight excluding hydrogens is 407 g/mol. The summed E-state index contributed by atoms with van der Waals surface area (Å²) in [6.07, 6.45) is 7.72. The van der Waals surface area contributed by atoms with E-state index in [4.69, 9.17) is 4.98 Å². The predicted molar refractivity (Wildman–Crippen MR) is 119 cm³/mol. The zero-order valence-electron chi connectivity index (χ0n) is 18.5. The first-order chi connectivity index (χ1) is 15.6. The number of amides is 1. The molecule has 2 aliphatic heterocycles. The summed E-state index contributed by atoms with van der Waals surface area (Å²) in [6.45, 7) is 2.44. The van der Waals surface area contributed by atoms with Gasteiger partial charge in [-0.3, -0.25) is 14.5 Å². The van der Waals surface area contributed by atoms with Crippen molar-refractivity contribution in [2.24, 2.45) is 5.92 Å². The van der Waals surface area contributed by atoms with Crippen molar-refractivity contribution in [2.45, 2.75) is 70.5 Å². The van der Waals surface area contributed by atoms with E-state index in [9.17, 15) is 14.0 Å². The van der Waals surface area contributed by atoms with Crippen molar-refractivity contribution >= 4 is 5.91 Å². The second-order valence-electron chi connectivity index (χ2n) is 9.53. The number of aromatic nitrogens is 2. The summed E-state index contributed by atoms with van der Waals surface area (Å²) in [6, 6.07) is 6.66. The number of hydrogen-bond acceptors (Lipinski definition) is 4. The van der Waals surface area contributed by atoms with E-state index in [1.54, 1.807) is 12.1 Å². The monoisotopic (exact) mass is 438 g/mol. The van der Waals surface area contributed by atoms with Crippen LogP contribution in [0.5, 0.6) is 0 Å². The molecule has 32 heavy (non-hydrogen) atoms. The standard InChI is InChI=1S/C25H31FN4O2/c26-20-9-4-3-8-18(20)15-29-13-11-19-21(16-29)27-24(28-25(19)32)22-10-5-12-30(22)23(31)14-17-6-1-2-7-17/h3-4,8-9,17,22H,1-2,5-7,10-16H2,(H,27,28,32). The van der Waals surface area contributed by atoms with E-state index >= 15 is 0 Å². The Morgan fingerprint density at radius 1 is 1.12 bits per heavy atom. The molecule has 1 saturated carbocycles. The lowest BCUT2D eigenvalue weighted by atomic mass is 10.0. The van der Waals surface area contributed by atoms with Crippen LogP contribution in [0.25, 0.3) is 0 Å². The van der Waals surface area contributed by atoms with Gasteiger partial charge in [0.1, 0.15) is 11.6 Å². The van der Waals surface area contributed by atoms with E-state index in [0.717, 1.165) is 43.5 Å². The van der Waals surface area contributed by atoms with E-state index in [2.05, 4.69) is 9.88 Å². The highest BCUT2D eigenvalue weighted by molar-refractivity contribution is 5.77. The van der Waals surface area contributed by atoms with E-state index in [1.807, 2.05) is 11.0 Å². The van der Waals surface area contributed by atoms with Crippen molar-refractivity contribution < 1.29 is 9.18 Å². The number of carbonyl (C=O) groups excluding carboxylic acids is 1. The van der Waals surface area contributed by atoms with Gasteiger partial charge in [-0.15, -0.1) is 0 Å². The van der Waals surface area contributed by atoms with Crippen LogP contribution in [0.3, 0.4) is 0 Å². The zero-order chi connectivity index (χ0) is 22.1. The van der Waals surface area contributed by atoms with Crippen LogP contribution >= 0.6 is 0 Å². The number of nitrogens with one attached hydrogen (secondary N) is 1. The van der Waals surface area contributed by atoms with E-state index in [-0.39, 0.29) is 23.3 Å². The van der Waals surface area contributed by atoms with Crippen LogP contribution in [0.15, 0.2) is 29.1 Å². The number of fused-ring (bicyclic) bond motifs is 1. The van der Waals surface area contributed by atoms with E-state index in [0.29, 0.717) is 49.8 Å². The maximum atomic E-state index is 14.1. The average molecular weight is 439 g/mol. The summed E-state index contributed by atoms with van der Waals surface area (Å²) < 4.78 is 14.1. The van der Waals surface area contributed by atoms with Gasteiger partial charge in [-0.1, -0.05) is 31.0 Å². The van der Waals surface area contributed by atoms with Gasteiger partial charge in [0.25, 0.3) is 5.56 Å². The molecule has 3 aliphatic rings. The molecule has 1 aromatic heterocycles. The van der Waals surface area contributed by atoms with Crippen LogP contribution in [0, 0.1) is 11.7 Å². The minimum atomic E-state index is -0.208. The van der Waals surface area contributed by atoms with Crippen molar-refractivity contribution in [3.8, 4) is 0 Å². The van der Waals surface area contributed by atoms with Crippen LogP contribution in [-0.2, 0) is 24.3 Å². The first-order valence-electron chi connectivity index (χ1n) is 12.0. The smallest absolute Gasteiger partial charge is 0.254 e. The molecule has 1 aromatic carbocycles. The van der Waals surface area contributed by atoms with E-state index in [1.165, 1.54) is 18.9 Å². The summed E-state index contributed by atoms with van der Waals surface area (Å²) in [4.78, 5) is 37.8. The molecule has 170 valence electrons. The summed E-state index contributed by atoms with van der Waals surface area (Å²) in [5.41, 5.74) is 2.05. The lowest BCUT2D eigenvalue weighted by molar-refractivity contribution is -0.133. The second-order valence-corrected chi connectivity index (χ2v) is 9.53. The maximum absolute atomic E-state index is 14.1. The topological polar surface area (TPSA) is 69.3 Å². The lowest BCUT2D eigenvalue weighted by Crippen LogP contribution is -2.37. The van der Waals surface area contributed by atoms with E-state index < -0.39 is 0 Å². The maximum Gasteiger partial charge on any atom is 0.254 e. The summed E-state index contributed by atoms with van der Waals surface area (Å²) in [5, 5.41) is 0. The van der Waals surface area contributed by atoms with Crippen LogP contribution in [0.2, 0.25) is 0 Å². The highest BCUT2D eigenvalue weighted by Crippen LogP contribution is 2.34. The molecule has 6 nitrogen and oxygen atoms in total.